The van der Waals surface area contributed by atoms with Crippen LogP contribution < -0.4 is 15.1 Å². The minimum absolute atomic E-state index is 0.00135. The summed E-state index contributed by atoms with van der Waals surface area (Å²) in [5, 5.41) is 10.1. The van der Waals surface area contributed by atoms with Gasteiger partial charge in [-0.1, -0.05) is 0 Å². The number of phenolic OH excluding ortho intramolecular Hbond substituents is 1. The lowest BCUT2D eigenvalue weighted by Gasteiger charge is -2.22. The zero-order valence-corrected chi connectivity index (χ0v) is 18.2. The van der Waals surface area contributed by atoms with Crippen LogP contribution in [0, 0.1) is 17.5 Å². The minimum Gasteiger partial charge on any atom is -0.508 e. The summed E-state index contributed by atoms with van der Waals surface area (Å²) in [6.45, 7) is 1.61. The number of carbonyl (C=O) groups is 1. The summed E-state index contributed by atoms with van der Waals surface area (Å²) in [4.78, 5) is 27.7. The van der Waals surface area contributed by atoms with Gasteiger partial charge in [0.15, 0.2) is 11.6 Å². The summed E-state index contributed by atoms with van der Waals surface area (Å²) >= 11 is 0. The van der Waals surface area contributed by atoms with E-state index < -0.39 is 28.8 Å². The van der Waals surface area contributed by atoms with E-state index in [2.05, 4.69) is 0 Å². The smallest absolute Gasteiger partial charge is 0.263 e. The van der Waals surface area contributed by atoms with Crippen LogP contribution in [0.4, 0.5) is 18.9 Å². The number of amides is 1. The minimum atomic E-state index is -0.874. The van der Waals surface area contributed by atoms with Crippen LogP contribution in [0.2, 0.25) is 0 Å². The Balaban J connectivity index is 1.95. The summed E-state index contributed by atoms with van der Waals surface area (Å²) in [5.74, 6) is -3.36. The normalized spacial score (nSPS) is 11.0. The Labute approximate surface area is 192 Å². The summed E-state index contributed by atoms with van der Waals surface area (Å²) < 4.78 is 48.3. The molecule has 4 aromatic rings. The van der Waals surface area contributed by atoms with Gasteiger partial charge in [0, 0.05) is 47.7 Å². The molecule has 0 radical (unpaired) electrons. The predicted molar refractivity (Wildman–Crippen MR) is 121 cm³/mol. The molecule has 0 fully saturated rings. The Morgan fingerprint density at radius 1 is 1.03 bits per heavy atom. The van der Waals surface area contributed by atoms with Crippen molar-refractivity contribution in [1.82, 2.24) is 4.57 Å². The predicted octanol–water partition coefficient (Wildman–Crippen LogP) is 4.79. The number of benzene rings is 3. The SMILES string of the molecule is CCN(C(=O)c1cn(-c2ccc(OC)c(F)c2)c2cc(O)ccc2c1=O)c1cc(F)cc(F)c1. The third-order valence-electron chi connectivity index (χ3n) is 5.35. The number of aromatic hydroxyl groups is 1. The average molecular weight is 468 g/mol. The van der Waals surface area contributed by atoms with E-state index in [1.54, 1.807) is 6.92 Å². The molecule has 1 aromatic heterocycles. The number of methoxy groups -OCH3 is 1. The molecule has 0 spiro atoms. The van der Waals surface area contributed by atoms with Gasteiger partial charge in [-0.2, -0.15) is 0 Å². The maximum Gasteiger partial charge on any atom is 0.263 e. The molecule has 1 N–H and O–H groups in total. The van der Waals surface area contributed by atoms with Gasteiger partial charge in [0.25, 0.3) is 5.91 Å². The molecule has 0 unspecified atom stereocenters. The lowest BCUT2D eigenvalue weighted by Crippen LogP contribution is -2.35. The van der Waals surface area contributed by atoms with Crippen molar-refractivity contribution in [2.24, 2.45) is 0 Å². The number of ether oxygens (including phenoxy) is 1. The van der Waals surface area contributed by atoms with Crippen LogP contribution in [0.5, 0.6) is 11.5 Å². The number of hydrogen-bond donors (Lipinski definition) is 1. The van der Waals surface area contributed by atoms with E-state index in [4.69, 9.17) is 4.74 Å². The summed E-state index contributed by atoms with van der Waals surface area (Å²) in [6.07, 6.45) is 1.21. The zero-order chi connectivity index (χ0) is 24.6. The highest BCUT2D eigenvalue weighted by Crippen LogP contribution is 2.26. The molecule has 0 aliphatic rings. The molecule has 4 rings (SSSR count). The van der Waals surface area contributed by atoms with E-state index in [1.165, 1.54) is 48.2 Å². The van der Waals surface area contributed by atoms with E-state index in [0.29, 0.717) is 6.07 Å². The zero-order valence-electron chi connectivity index (χ0n) is 18.2. The maximum absolute atomic E-state index is 14.4. The first-order valence-electron chi connectivity index (χ1n) is 10.2. The lowest BCUT2D eigenvalue weighted by molar-refractivity contribution is 0.0987. The molecule has 0 saturated carbocycles. The van der Waals surface area contributed by atoms with Crippen molar-refractivity contribution in [2.45, 2.75) is 6.92 Å². The topological polar surface area (TPSA) is 71.8 Å². The molecular formula is C25H19F3N2O4. The van der Waals surface area contributed by atoms with Crippen LogP contribution in [0.25, 0.3) is 16.6 Å². The van der Waals surface area contributed by atoms with Crippen molar-refractivity contribution >= 4 is 22.5 Å². The molecule has 174 valence electrons. The number of fused-ring (bicyclic) bond motifs is 1. The van der Waals surface area contributed by atoms with E-state index in [-0.39, 0.29) is 45.9 Å². The van der Waals surface area contributed by atoms with Crippen molar-refractivity contribution in [3.05, 3.63) is 94.0 Å². The van der Waals surface area contributed by atoms with E-state index in [9.17, 15) is 27.9 Å². The summed E-state index contributed by atoms with van der Waals surface area (Å²) in [6, 6.07) is 10.6. The molecule has 0 atom stereocenters. The molecule has 0 aliphatic heterocycles. The van der Waals surface area contributed by atoms with Gasteiger partial charge < -0.3 is 19.3 Å². The Morgan fingerprint density at radius 3 is 2.35 bits per heavy atom. The molecule has 0 saturated heterocycles. The first kappa shape index (κ1) is 22.9. The number of carbonyl (C=O) groups excluding carboxylic acids is 1. The number of rotatable bonds is 5. The molecular weight excluding hydrogens is 449 g/mol. The average Bonchev–Trinajstić information content (AvgIpc) is 2.79. The Hall–Kier alpha value is -4.27. The van der Waals surface area contributed by atoms with Gasteiger partial charge in [0.05, 0.1) is 12.6 Å². The Morgan fingerprint density at radius 2 is 1.74 bits per heavy atom. The highest BCUT2D eigenvalue weighted by Gasteiger charge is 2.23. The van der Waals surface area contributed by atoms with Crippen molar-refractivity contribution in [3.63, 3.8) is 0 Å². The number of phenols is 1. The van der Waals surface area contributed by atoms with Crippen molar-refractivity contribution in [2.75, 3.05) is 18.6 Å². The molecule has 0 aliphatic carbocycles. The number of halogens is 3. The number of hydrogen-bond acceptors (Lipinski definition) is 4. The second kappa shape index (κ2) is 8.93. The van der Waals surface area contributed by atoms with Gasteiger partial charge in [-0.05, 0) is 43.3 Å². The second-order valence-corrected chi connectivity index (χ2v) is 7.44. The quantitative estimate of drug-likeness (QED) is 0.457. The van der Waals surface area contributed by atoms with Gasteiger partial charge in [0.2, 0.25) is 5.43 Å². The second-order valence-electron chi connectivity index (χ2n) is 7.44. The molecule has 6 nitrogen and oxygen atoms in total. The Kier molecular flexibility index (Phi) is 6.02. The summed E-state index contributed by atoms with van der Waals surface area (Å²) in [5.41, 5.74) is -0.535. The van der Waals surface area contributed by atoms with Crippen LogP contribution in [0.3, 0.4) is 0 Å². The fourth-order valence-electron chi connectivity index (χ4n) is 3.77. The van der Waals surface area contributed by atoms with E-state index in [0.717, 1.165) is 23.1 Å². The van der Waals surface area contributed by atoms with Crippen molar-refractivity contribution < 1.29 is 27.8 Å². The van der Waals surface area contributed by atoms with Gasteiger partial charge in [-0.15, -0.1) is 0 Å². The monoisotopic (exact) mass is 468 g/mol. The lowest BCUT2D eigenvalue weighted by atomic mass is 10.1. The van der Waals surface area contributed by atoms with Crippen molar-refractivity contribution in [1.29, 1.82) is 0 Å². The molecule has 0 bridgehead atoms. The number of nitrogens with zero attached hydrogens (tertiary/aromatic N) is 2. The summed E-state index contributed by atoms with van der Waals surface area (Å²) in [7, 11) is 1.32. The number of anilines is 1. The van der Waals surface area contributed by atoms with Crippen LogP contribution in [-0.2, 0) is 0 Å². The van der Waals surface area contributed by atoms with Gasteiger partial charge >= 0.3 is 0 Å². The van der Waals surface area contributed by atoms with Gasteiger partial charge in [-0.25, -0.2) is 13.2 Å². The third-order valence-corrected chi connectivity index (χ3v) is 5.35. The fourth-order valence-corrected chi connectivity index (χ4v) is 3.77. The van der Waals surface area contributed by atoms with Crippen LogP contribution in [-0.4, -0.2) is 29.2 Å². The van der Waals surface area contributed by atoms with E-state index in [1.807, 2.05) is 0 Å². The van der Waals surface area contributed by atoms with Crippen molar-refractivity contribution in [3.8, 4) is 17.2 Å². The standard InChI is InChI=1S/C25H19F3N2O4/c1-3-29(17-9-14(26)8-15(27)10-17)25(33)20-13-30(16-4-7-23(34-2)21(28)11-16)22-12-18(31)5-6-19(22)24(20)32/h4-13,31H,3H2,1-2H3. The Bertz CT molecular complexity index is 1460. The van der Waals surface area contributed by atoms with Crippen LogP contribution in [0.1, 0.15) is 17.3 Å². The molecule has 3 aromatic carbocycles. The van der Waals surface area contributed by atoms with Gasteiger partial charge in [0.1, 0.15) is 22.9 Å². The number of aromatic nitrogens is 1. The highest BCUT2D eigenvalue weighted by molar-refractivity contribution is 6.07. The molecule has 1 heterocycles. The molecule has 9 heteroatoms. The molecule has 34 heavy (non-hydrogen) atoms. The van der Waals surface area contributed by atoms with E-state index >= 15 is 0 Å². The number of pyridine rings is 1. The van der Waals surface area contributed by atoms with Crippen LogP contribution >= 0.6 is 0 Å². The third kappa shape index (κ3) is 4.07. The maximum atomic E-state index is 14.4. The highest BCUT2D eigenvalue weighted by atomic mass is 19.1. The fraction of sp³-hybridized carbons (Fsp3) is 0.120. The largest absolute Gasteiger partial charge is 0.508 e. The first-order chi connectivity index (χ1) is 16.2. The first-order valence-corrected chi connectivity index (χ1v) is 10.2. The van der Waals surface area contributed by atoms with Crippen LogP contribution in [0.15, 0.2) is 65.6 Å². The molecule has 1 amide bonds. The van der Waals surface area contributed by atoms with Gasteiger partial charge in [-0.3, -0.25) is 9.59 Å².